The predicted molar refractivity (Wildman–Crippen MR) is 174 cm³/mol. The molecule has 1 atom stereocenters. The number of Topliss-reactive ketones (excluding diaryl/α,β-unsaturated/α-hetero) is 1. The molecule has 228 valence electrons. The normalized spacial score (nSPS) is 16.1. The average molecular weight is 630 g/mol. The van der Waals surface area contributed by atoms with E-state index in [2.05, 4.69) is 48.3 Å². The number of hydrogen-bond acceptors (Lipinski definition) is 9. The van der Waals surface area contributed by atoms with E-state index in [1.54, 1.807) is 42.5 Å². The number of carbonyl (C=O) groups is 2. The van der Waals surface area contributed by atoms with E-state index in [-0.39, 0.29) is 16.5 Å². The van der Waals surface area contributed by atoms with Gasteiger partial charge >= 0.3 is 5.91 Å². The Kier molecular flexibility index (Phi) is 10.0. The van der Waals surface area contributed by atoms with E-state index in [0.717, 1.165) is 12.0 Å². The number of ether oxygens (including phenoxy) is 2. The van der Waals surface area contributed by atoms with Crippen molar-refractivity contribution in [2.45, 2.75) is 50.3 Å². The molecule has 4 aromatic rings. The Labute approximate surface area is 265 Å². The largest absolute Gasteiger partial charge is 0.507 e. The van der Waals surface area contributed by atoms with Crippen molar-refractivity contribution in [3.8, 4) is 11.5 Å². The third-order valence-corrected chi connectivity index (χ3v) is 9.24. The summed E-state index contributed by atoms with van der Waals surface area (Å²) in [7, 11) is 0. The molecule has 1 unspecified atom stereocenters. The van der Waals surface area contributed by atoms with Gasteiger partial charge in [0.1, 0.15) is 5.76 Å². The van der Waals surface area contributed by atoms with Crippen molar-refractivity contribution in [3.63, 3.8) is 0 Å². The quantitative estimate of drug-likeness (QED) is 0.0562. The second-order valence-corrected chi connectivity index (χ2v) is 13.0. The first-order valence-electron chi connectivity index (χ1n) is 14.5. The van der Waals surface area contributed by atoms with Crippen molar-refractivity contribution in [2.24, 2.45) is 5.92 Å². The summed E-state index contributed by atoms with van der Waals surface area (Å²) in [5.74, 6) is 0.387. The maximum atomic E-state index is 13.6. The highest BCUT2D eigenvalue weighted by molar-refractivity contribution is 8.00. The first-order valence-corrected chi connectivity index (χ1v) is 16.3. The van der Waals surface area contributed by atoms with Gasteiger partial charge in [0.05, 0.1) is 24.8 Å². The second kappa shape index (κ2) is 14.1. The Morgan fingerprint density at radius 2 is 1.75 bits per heavy atom. The van der Waals surface area contributed by atoms with Gasteiger partial charge in [-0.2, -0.15) is 0 Å². The molecule has 0 saturated carbocycles. The van der Waals surface area contributed by atoms with Crippen LogP contribution in [0.3, 0.4) is 0 Å². The third kappa shape index (κ3) is 6.97. The molecule has 1 aromatic heterocycles. The van der Waals surface area contributed by atoms with Crippen LogP contribution in [0.25, 0.3) is 5.76 Å². The van der Waals surface area contributed by atoms with Crippen LogP contribution in [0.2, 0.25) is 0 Å². The van der Waals surface area contributed by atoms with E-state index < -0.39 is 17.7 Å². The lowest BCUT2D eigenvalue weighted by Gasteiger charge is -2.23. The summed E-state index contributed by atoms with van der Waals surface area (Å²) in [5.41, 5.74) is 3.30. The highest BCUT2D eigenvalue weighted by Gasteiger charge is 2.48. The maximum Gasteiger partial charge on any atom is 0.301 e. The highest BCUT2D eigenvalue weighted by atomic mass is 32.2. The van der Waals surface area contributed by atoms with Gasteiger partial charge in [-0.1, -0.05) is 103 Å². The summed E-state index contributed by atoms with van der Waals surface area (Å²) in [4.78, 5) is 28.6. The van der Waals surface area contributed by atoms with Crippen LogP contribution in [0.5, 0.6) is 11.5 Å². The number of amides is 1. The van der Waals surface area contributed by atoms with Crippen molar-refractivity contribution in [1.82, 2.24) is 10.2 Å². The summed E-state index contributed by atoms with van der Waals surface area (Å²) in [6, 6.07) is 21.4. The monoisotopic (exact) mass is 629 g/mol. The molecule has 44 heavy (non-hydrogen) atoms. The Morgan fingerprint density at radius 3 is 2.45 bits per heavy atom. The fourth-order valence-corrected chi connectivity index (χ4v) is 6.59. The Hall–Kier alpha value is -4.15. The van der Waals surface area contributed by atoms with Crippen LogP contribution in [-0.4, -0.2) is 40.2 Å². The van der Waals surface area contributed by atoms with Gasteiger partial charge in [-0.05, 0) is 49.4 Å². The van der Waals surface area contributed by atoms with Crippen LogP contribution < -0.4 is 14.4 Å². The van der Waals surface area contributed by atoms with Gasteiger partial charge in [-0.3, -0.25) is 14.5 Å². The SMILES string of the molecule is CCOc1cc(C2C(=C(O)c3ccccc3)C(=O)C(=O)N2c2nnc(SCc3ccc(C)cc3)s2)ccc1OCCC(C)C. The number of benzene rings is 3. The zero-order chi connectivity index (χ0) is 31.2. The van der Waals surface area contributed by atoms with Crippen LogP contribution in [0, 0.1) is 12.8 Å². The number of ketones is 1. The summed E-state index contributed by atoms with van der Waals surface area (Å²) in [6.45, 7) is 9.10. The van der Waals surface area contributed by atoms with E-state index in [0.29, 0.717) is 51.9 Å². The molecule has 1 fully saturated rings. The third-order valence-electron chi connectivity index (χ3n) is 7.11. The van der Waals surface area contributed by atoms with E-state index in [4.69, 9.17) is 9.47 Å². The number of aromatic nitrogens is 2. The molecule has 3 aromatic carbocycles. The minimum atomic E-state index is -0.956. The molecule has 0 radical (unpaired) electrons. The highest BCUT2D eigenvalue weighted by Crippen LogP contribution is 2.45. The van der Waals surface area contributed by atoms with Gasteiger partial charge in [0.2, 0.25) is 5.13 Å². The molecule has 8 nitrogen and oxygen atoms in total. The molecule has 0 spiro atoms. The number of nitrogens with zero attached hydrogens (tertiary/aromatic N) is 3. The van der Waals surface area contributed by atoms with Crippen LogP contribution >= 0.6 is 23.1 Å². The van der Waals surface area contributed by atoms with Crippen molar-refractivity contribution >= 4 is 45.7 Å². The zero-order valence-corrected chi connectivity index (χ0v) is 26.8. The predicted octanol–water partition coefficient (Wildman–Crippen LogP) is 7.59. The smallest absolute Gasteiger partial charge is 0.301 e. The minimum absolute atomic E-state index is 0.0267. The van der Waals surface area contributed by atoms with Gasteiger partial charge in [0, 0.05) is 11.3 Å². The molecule has 2 heterocycles. The van der Waals surface area contributed by atoms with Gasteiger partial charge in [-0.25, -0.2) is 0 Å². The molecular weight excluding hydrogens is 595 g/mol. The molecule has 0 aliphatic carbocycles. The lowest BCUT2D eigenvalue weighted by molar-refractivity contribution is -0.132. The fraction of sp³-hybridized carbons (Fsp3) is 0.294. The summed E-state index contributed by atoms with van der Waals surface area (Å²) < 4.78 is 12.6. The Balaban J connectivity index is 1.54. The number of aliphatic hydroxyl groups excluding tert-OH is 1. The molecule has 1 amide bonds. The van der Waals surface area contributed by atoms with Crippen molar-refractivity contribution in [1.29, 1.82) is 0 Å². The molecule has 1 aliphatic rings. The lowest BCUT2D eigenvalue weighted by Crippen LogP contribution is -2.29. The molecule has 0 bridgehead atoms. The number of anilines is 1. The van der Waals surface area contributed by atoms with E-state index in [1.165, 1.54) is 33.6 Å². The van der Waals surface area contributed by atoms with Crippen LogP contribution in [0.1, 0.15) is 55.5 Å². The maximum absolute atomic E-state index is 13.6. The zero-order valence-electron chi connectivity index (χ0n) is 25.1. The summed E-state index contributed by atoms with van der Waals surface area (Å²) in [6.07, 6.45) is 0.881. The number of rotatable bonds is 12. The molecule has 1 saturated heterocycles. The number of hydrogen-bond donors (Lipinski definition) is 1. The topological polar surface area (TPSA) is 102 Å². The molecule has 10 heteroatoms. The first kappa shape index (κ1) is 31.3. The number of aryl methyl sites for hydroxylation is 1. The molecular formula is C34H35N3O5S2. The van der Waals surface area contributed by atoms with Gasteiger partial charge in [-0.15, -0.1) is 10.2 Å². The van der Waals surface area contributed by atoms with Gasteiger partial charge < -0.3 is 14.6 Å². The van der Waals surface area contributed by atoms with Crippen LogP contribution in [0.15, 0.2) is 82.7 Å². The van der Waals surface area contributed by atoms with Crippen molar-refractivity contribution in [2.75, 3.05) is 18.1 Å². The van der Waals surface area contributed by atoms with Crippen molar-refractivity contribution in [3.05, 3.63) is 101 Å². The molecule has 1 N–H and O–H groups in total. The van der Waals surface area contributed by atoms with E-state index >= 15 is 0 Å². The van der Waals surface area contributed by atoms with E-state index in [9.17, 15) is 14.7 Å². The van der Waals surface area contributed by atoms with Gasteiger partial charge in [0.15, 0.2) is 15.8 Å². The second-order valence-electron chi connectivity index (χ2n) is 10.8. The first-order chi connectivity index (χ1) is 21.3. The molecule has 1 aliphatic heterocycles. The molecule has 5 rings (SSSR count). The van der Waals surface area contributed by atoms with Crippen LogP contribution in [0.4, 0.5) is 5.13 Å². The lowest BCUT2D eigenvalue weighted by atomic mass is 9.95. The standard InChI is InChI=1S/C34H35N3O5S2/c1-5-41-27-19-25(15-16-26(27)42-18-17-21(2)3)29-28(30(38)24-9-7-6-8-10-24)31(39)32(40)37(29)33-35-36-34(44-33)43-20-23-13-11-22(4)12-14-23/h6-16,19,21,29,38H,5,17-18,20H2,1-4H3. The number of aliphatic hydroxyl groups is 1. The van der Waals surface area contributed by atoms with Crippen LogP contribution in [-0.2, 0) is 15.3 Å². The van der Waals surface area contributed by atoms with Gasteiger partial charge in [0.25, 0.3) is 5.78 Å². The number of thioether (sulfide) groups is 1. The van der Waals surface area contributed by atoms with Crippen molar-refractivity contribution < 1.29 is 24.2 Å². The Bertz CT molecular complexity index is 1650. The van der Waals surface area contributed by atoms with E-state index in [1.807, 2.05) is 19.9 Å². The number of carbonyl (C=O) groups excluding carboxylic acids is 2. The minimum Gasteiger partial charge on any atom is -0.507 e. The summed E-state index contributed by atoms with van der Waals surface area (Å²) in [5, 5.41) is 20.3. The fourth-order valence-electron chi connectivity index (χ4n) is 4.77. The Morgan fingerprint density at radius 1 is 1.00 bits per heavy atom. The average Bonchev–Trinajstić information content (AvgIpc) is 3.59. The summed E-state index contributed by atoms with van der Waals surface area (Å²) >= 11 is 2.74.